The van der Waals surface area contributed by atoms with E-state index in [4.69, 9.17) is 11.6 Å². The SMILES string of the molecule is CC1CNC(C)(C2CC2)CN1c1cc(Cl)ccc1Br. The average Bonchev–Trinajstić information content (AvgIpc) is 3.20. The van der Waals surface area contributed by atoms with Crippen molar-refractivity contribution in [3.05, 3.63) is 27.7 Å². The molecule has 3 rings (SSSR count). The third-order valence-corrected chi connectivity index (χ3v) is 5.43. The molecule has 104 valence electrons. The molecule has 2 unspecified atom stereocenters. The van der Waals surface area contributed by atoms with Crippen LogP contribution in [0.4, 0.5) is 5.69 Å². The number of anilines is 1. The molecule has 0 amide bonds. The van der Waals surface area contributed by atoms with E-state index in [9.17, 15) is 0 Å². The highest BCUT2D eigenvalue weighted by molar-refractivity contribution is 9.10. The second-order valence-electron chi connectivity index (χ2n) is 6.15. The van der Waals surface area contributed by atoms with E-state index in [2.05, 4.69) is 46.1 Å². The quantitative estimate of drug-likeness (QED) is 0.871. The molecule has 1 aliphatic heterocycles. The molecule has 1 saturated heterocycles. The maximum Gasteiger partial charge on any atom is 0.0529 e. The van der Waals surface area contributed by atoms with Crippen LogP contribution >= 0.6 is 27.5 Å². The number of nitrogens with zero attached hydrogens (tertiary/aromatic N) is 1. The third kappa shape index (κ3) is 2.65. The van der Waals surface area contributed by atoms with Gasteiger partial charge in [0.15, 0.2) is 0 Å². The van der Waals surface area contributed by atoms with Crippen molar-refractivity contribution in [3.8, 4) is 0 Å². The maximum atomic E-state index is 6.17. The molecule has 2 aliphatic rings. The van der Waals surface area contributed by atoms with E-state index in [1.165, 1.54) is 18.5 Å². The fourth-order valence-corrected chi connectivity index (χ4v) is 3.72. The molecule has 2 fully saturated rings. The van der Waals surface area contributed by atoms with Crippen LogP contribution < -0.4 is 10.2 Å². The number of hydrogen-bond acceptors (Lipinski definition) is 2. The monoisotopic (exact) mass is 342 g/mol. The molecule has 0 bridgehead atoms. The molecule has 0 spiro atoms. The molecular weight excluding hydrogens is 324 g/mol. The predicted molar refractivity (Wildman–Crippen MR) is 85.1 cm³/mol. The summed E-state index contributed by atoms with van der Waals surface area (Å²) in [5.41, 5.74) is 1.46. The van der Waals surface area contributed by atoms with Gasteiger partial charge in [-0.3, -0.25) is 0 Å². The van der Waals surface area contributed by atoms with Crippen molar-refractivity contribution in [2.45, 2.75) is 38.3 Å². The first kappa shape index (κ1) is 13.7. The summed E-state index contributed by atoms with van der Waals surface area (Å²) >= 11 is 9.83. The summed E-state index contributed by atoms with van der Waals surface area (Å²) in [6.07, 6.45) is 2.73. The van der Waals surface area contributed by atoms with E-state index < -0.39 is 0 Å². The Bertz CT molecular complexity index is 489. The van der Waals surface area contributed by atoms with Crippen molar-refractivity contribution in [2.24, 2.45) is 5.92 Å². The largest absolute Gasteiger partial charge is 0.365 e. The second kappa shape index (κ2) is 4.94. The first-order valence-corrected chi connectivity index (χ1v) is 8.13. The summed E-state index contributed by atoms with van der Waals surface area (Å²) in [7, 11) is 0. The van der Waals surface area contributed by atoms with Crippen molar-refractivity contribution in [1.82, 2.24) is 5.32 Å². The van der Waals surface area contributed by atoms with Crippen LogP contribution in [0.1, 0.15) is 26.7 Å². The van der Waals surface area contributed by atoms with Gasteiger partial charge in [-0.2, -0.15) is 0 Å². The summed E-state index contributed by atoms with van der Waals surface area (Å²) in [6, 6.07) is 6.53. The lowest BCUT2D eigenvalue weighted by Gasteiger charge is -2.47. The molecule has 1 saturated carbocycles. The highest BCUT2D eigenvalue weighted by Crippen LogP contribution is 2.43. The Morgan fingerprint density at radius 3 is 2.84 bits per heavy atom. The zero-order chi connectivity index (χ0) is 13.6. The van der Waals surface area contributed by atoms with E-state index >= 15 is 0 Å². The molecule has 0 aromatic heterocycles. The zero-order valence-corrected chi connectivity index (χ0v) is 13.8. The summed E-state index contributed by atoms with van der Waals surface area (Å²) in [5, 5.41) is 4.55. The van der Waals surface area contributed by atoms with Crippen molar-refractivity contribution in [3.63, 3.8) is 0 Å². The van der Waals surface area contributed by atoms with Crippen LogP contribution in [0.15, 0.2) is 22.7 Å². The minimum absolute atomic E-state index is 0.244. The topological polar surface area (TPSA) is 15.3 Å². The van der Waals surface area contributed by atoms with Gasteiger partial charge in [0.05, 0.1) is 5.69 Å². The lowest BCUT2D eigenvalue weighted by atomic mass is 9.91. The van der Waals surface area contributed by atoms with Gasteiger partial charge >= 0.3 is 0 Å². The van der Waals surface area contributed by atoms with Crippen LogP contribution in [0.5, 0.6) is 0 Å². The Balaban J connectivity index is 1.90. The molecule has 1 aromatic carbocycles. The highest BCUT2D eigenvalue weighted by atomic mass is 79.9. The van der Waals surface area contributed by atoms with Crippen LogP contribution in [0, 0.1) is 5.92 Å². The van der Waals surface area contributed by atoms with Gasteiger partial charge in [0.2, 0.25) is 0 Å². The minimum Gasteiger partial charge on any atom is -0.365 e. The van der Waals surface area contributed by atoms with Crippen LogP contribution in [-0.2, 0) is 0 Å². The first-order valence-electron chi connectivity index (χ1n) is 6.96. The normalized spacial score (nSPS) is 31.6. The Kier molecular flexibility index (Phi) is 3.57. The molecule has 1 aromatic rings. The number of piperazine rings is 1. The Morgan fingerprint density at radius 1 is 1.42 bits per heavy atom. The molecular formula is C15H20BrClN2. The third-order valence-electron chi connectivity index (χ3n) is 4.53. The summed E-state index contributed by atoms with van der Waals surface area (Å²) in [6.45, 7) is 6.72. The van der Waals surface area contributed by atoms with Crippen molar-refractivity contribution in [1.29, 1.82) is 0 Å². The zero-order valence-electron chi connectivity index (χ0n) is 11.4. The molecule has 1 heterocycles. The Hall–Kier alpha value is -0.250. The van der Waals surface area contributed by atoms with Gasteiger partial charge in [0.25, 0.3) is 0 Å². The summed E-state index contributed by atoms with van der Waals surface area (Å²) in [4.78, 5) is 2.49. The summed E-state index contributed by atoms with van der Waals surface area (Å²) < 4.78 is 1.13. The van der Waals surface area contributed by atoms with E-state index in [-0.39, 0.29) is 5.54 Å². The lowest BCUT2D eigenvalue weighted by Crippen LogP contribution is -2.63. The van der Waals surface area contributed by atoms with E-state index in [1.54, 1.807) is 0 Å². The van der Waals surface area contributed by atoms with Gasteiger partial charge in [-0.1, -0.05) is 11.6 Å². The fourth-order valence-electron chi connectivity index (χ4n) is 3.08. The van der Waals surface area contributed by atoms with Crippen molar-refractivity contribution in [2.75, 3.05) is 18.0 Å². The number of hydrogen-bond donors (Lipinski definition) is 1. The predicted octanol–water partition coefficient (Wildman–Crippen LogP) is 4.07. The second-order valence-corrected chi connectivity index (χ2v) is 7.44. The molecule has 2 nitrogen and oxygen atoms in total. The lowest BCUT2D eigenvalue weighted by molar-refractivity contribution is 0.260. The highest BCUT2D eigenvalue weighted by Gasteiger charge is 2.45. The molecule has 4 heteroatoms. The number of benzene rings is 1. The van der Waals surface area contributed by atoms with E-state index in [1.807, 2.05) is 12.1 Å². The Morgan fingerprint density at radius 2 is 2.16 bits per heavy atom. The standard InChI is InChI=1S/C15H20BrClN2/c1-10-8-18-15(2,11-3-4-11)9-19(10)14-7-12(17)5-6-13(14)16/h5-7,10-11,18H,3-4,8-9H2,1-2H3. The smallest absolute Gasteiger partial charge is 0.0529 e. The van der Waals surface area contributed by atoms with E-state index in [0.29, 0.717) is 6.04 Å². The average molecular weight is 344 g/mol. The van der Waals surface area contributed by atoms with Crippen LogP contribution in [0.25, 0.3) is 0 Å². The van der Waals surface area contributed by atoms with Gasteiger partial charge in [-0.05, 0) is 66.7 Å². The van der Waals surface area contributed by atoms with Gasteiger partial charge in [0, 0.05) is 34.2 Å². The van der Waals surface area contributed by atoms with Gasteiger partial charge in [-0.15, -0.1) is 0 Å². The molecule has 1 N–H and O–H groups in total. The van der Waals surface area contributed by atoms with Crippen LogP contribution in [-0.4, -0.2) is 24.7 Å². The van der Waals surface area contributed by atoms with Gasteiger partial charge in [0.1, 0.15) is 0 Å². The minimum atomic E-state index is 0.244. The fraction of sp³-hybridized carbons (Fsp3) is 0.600. The van der Waals surface area contributed by atoms with Gasteiger partial charge in [-0.25, -0.2) is 0 Å². The number of nitrogens with one attached hydrogen (secondary N) is 1. The molecule has 0 radical (unpaired) electrons. The van der Waals surface area contributed by atoms with Crippen molar-refractivity contribution >= 4 is 33.2 Å². The maximum absolute atomic E-state index is 6.17. The number of rotatable bonds is 2. The number of halogens is 2. The van der Waals surface area contributed by atoms with Crippen LogP contribution in [0.3, 0.4) is 0 Å². The molecule has 19 heavy (non-hydrogen) atoms. The van der Waals surface area contributed by atoms with E-state index in [0.717, 1.165) is 28.5 Å². The Labute approximate surface area is 128 Å². The molecule has 1 aliphatic carbocycles. The first-order chi connectivity index (χ1) is 8.99. The molecule has 2 atom stereocenters. The van der Waals surface area contributed by atoms with Crippen molar-refractivity contribution < 1.29 is 0 Å². The van der Waals surface area contributed by atoms with Crippen LogP contribution in [0.2, 0.25) is 5.02 Å². The summed E-state index contributed by atoms with van der Waals surface area (Å²) in [5.74, 6) is 0.834. The van der Waals surface area contributed by atoms with Gasteiger partial charge < -0.3 is 10.2 Å².